The van der Waals surface area contributed by atoms with Gasteiger partial charge in [-0.05, 0) is 130 Å². The topological polar surface area (TPSA) is 3.24 Å². The van der Waals surface area contributed by atoms with Crippen molar-refractivity contribution in [3.8, 4) is 33.4 Å². The summed E-state index contributed by atoms with van der Waals surface area (Å²) in [4.78, 5) is 2.55. The molecule has 0 atom stereocenters. The van der Waals surface area contributed by atoms with Crippen molar-refractivity contribution in [2.24, 2.45) is 0 Å². The van der Waals surface area contributed by atoms with E-state index in [-0.39, 0.29) is 5.41 Å². The van der Waals surface area contributed by atoms with Gasteiger partial charge in [-0.15, -0.1) is 0 Å². The zero-order valence-corrected chi connectivity index (χ0v) is 36.5. The van der Waals surface area contributed by atoms with Gasteiger partial charge >= 0.3 is 0 Å². The van der Waals surface area contributed by atoms with Gasteiger partial charge in [-0.2, -0.15) is 0 Å². The fraction of sp³-hybridized carbons (Fsp3) is 0.0625. The quantitative estimate of drug-likeness (QED) is 0.151. The Morgan fingerprint density at radius 3 is 1.57 bits per heavy atom. The summed E-state index contributed by atoms with van der Waals surface area (Å²) in [7, 11) is 0. The second-order valence-electron chi connectivity index (χ2n) is 18.4. The molecular formula is C64H45N. The van der Waals surface area contributed by atoms with Crippen molar-refractivity contribution >= 4 is 49.4 Å². The fourth-order valence-electron chi connectivity index (χ4n) is 11.9. The molecule has 1 heteroatoms. The standard InChI is InChI=1S/C64H45N/c1-63(2)57-31-17-16-30-55(57)61-60(40-44-20-10-12-26-50(44)62(61)63)65(47-35-33-42(34-36-47)56-39-43-19-9-11-25-49(43)51-27-13-14-28-52(51)56)48-37-38-54-53-29-15-18-32-58(53)64(59(54)41-48,45-21-5-3-6-22-45)46-23-7-4-8-24-46/h3-41H,1-2H3. The molecule has 11 aromatic carbocycles. The Morgan fingerprint density at radius 1 is 0.338 bits per heavy atom. The molecular weight excluding hydrogens is 783 g/mol. The SMILES string of the molecule is CC1(C)c2ccccc2-c2c(N(c3ccc(-c4cc5ccccc5c5ccccc45)cc3)c3ccc4c(c3)C(c3ccccc3)(c3ccccc3)c3ccccc3-4)cc3ccccc3c21. The maximum Gasteiger partial charge on any atom is 0.0714 e. The molecule has 0 amide bonds. The van der Waals surface area contributed by atoms with E-state index in [1.165, 1.54) is 105 Å². The van der Waals surface area contributed by atoms with E-state index in [9.17, 15) is 0 Å². The number of benzene rings is 11. The lowest BCUT2D eigenvalue weighted by Gasteiger charge is -2.35. The number of rotatable bonds is 6. The lowest BCUT2D eigenvalue weighted by atomic mass is 9.67. The molecule has 306 valence electrons. The number of nitrogens with zero attached hydrogens (tertiary/aromatic N) is 1. The molecule has 11 aromatic rings. The Balaban J connectivity index is 1.10. The summed E-state index contributed by atoms with van der Waals surface area (Å²) in [6.07, 6.45) is 0. The Hall–Kier alpha value is -8.00. The first-order valence-corrected chi connectivity index (χ1v) is 22.8. The third-order valence-electron chi connectivity index (χ3n) is 14.7. The molecule has 0 spiro atoms. The van der Waals surface area contributed by atoms with Crippen molar-refractivity contribution in [3.05, 3.63) is 270 Å². The van der Waals surface area contributed by atoms with Crippen LogP contribution in [0, 0.1) is 0 Å². The molecule has 0 unspecified atom stereocenters. The van der Waals surface area contributed by atoms with Gasteiger partial charge in [0.25, 0.3) is 0 Å². The van der Waals surface area contributed by atoms with Crippen molar-refractivity contribution in [1.29, 1.82) is 0 Å². The van der Waals surface area contributed by atoms with Gasteiger partial charge in [0.15, 0.2) is 0 Å². The summed E-state index contributed by atoms with van der Waals surface area (Å²) >= 11 is 0. The van der Waals surface area contributed by atoms with Gasteiger partial charge in [-0.25, -0.2) is 0 Å². The summed E-state index contributed by atoms with van der Waals surface area (Å²) in [5.74, 6) is 0. The van der Waals surface area contributed by atoms with Gasteiger partial charge in [-0.1, -0.05) is 214 Å². The summed E-state index contributed by atoms with van der Waals surface area (Å²) < 4.78 is 0. The Kier molecular flexibility index (Phi) is 8.24. The smallest absolute Gasteiger partial charge is 0.0714 e. The van der Waals surface area contributed by atoms with E-state index in [0.29, 0.717) is 0 Å². The first-order valence-electron chi connectivity index (χ1n) is 22.8. The van der Waals surface area contributed by atoms with Crippen LogP contribution in [0.2, 0.25) is 0 Å². The van der Waals surface area contributed by atoms with E-state index < -0.39 is 5.41 Å². The largest absolute Gasteiger partial charge is 0.310 e. The highest BCUT2D eigenvalue weighted by Crippen LogP contribution is 2.60. The van der Waals surface area contributed by atoms with Crippen LogP contribution in [0.25, 0.3) is 65.7 Å². The van der Waals surface area contributed by atoms with Crippen molar-refractivity contribution in [2.75, 3.05) is 4.90 Å². The molecule has 0 aromatic heterocycles. The van der Waals surface area contributed by atoms with E-state index >= 15 is 0 Å². The molecule has 0 radical (unpaired) electrons. The molecule has 0 N–H and O–H groups in total. The van der Waals surface area contributed by atoms with E-state index in [4.69, 9.17) is 0 Å². The maximum atomic E-state index is 2.55. The highest BCUT2D eigenvalue weighted by molar-refractivity contribution is 6.14. The average Bonchev–Trinajstić information content (AvgIpc) is 3.80. The zero-order valence-electron chi connectivity index (χ0n) is 36.5. The molecule has 0 fully saturated rings. The van der Waals surface area contributed by atoms with Gasteiger partial charge in [0, 0.05) is 22.4 Å². The van der Waals surface area contributed by atoms with E-state index in [1.54, 1.807) is 0 Å². The Bertz CT molecular complexity index is 3630. The molecule has 0 bridgehead atoms. The van der Waals surface area contributed by atoms with E-state index in [2.05, 4.69) is 255 Å². The van der Waals surface area contributed by atoms with E-state index in [1.807, 2.05) is 0 Å². The minimum absolute atomic E-state index is 0.205. The second kappa shape index (κ2) is 14.3. The number of hydrogen-bond acceptors (Lipinski definition) is 1. The summed E-state index contributed by atoms with van der Waals surface area (Å²) in [6, 6.07) is 88.4. The highest BCUT2D eigenvalue weighted by atomic mass is 15.1. The lowest BCUT2D eigenvalue weighted by Crippen LogP contribution is -2.28. The minimum Gasteiger partial charge on any atom is -0.310 e. The number of anilines is 3. The van der Waals surface area contributed by atoms with Gasteiger partial charge in [-0.3, -0.25) is 0 Å². The maximum absolute atomic E-state index is 2.55. The fourth-order valence-corrected chi connectivity index (χ4v) is 11.9. The van der Waals surface area contributed by atoms with Gasteiger partial charge in [0.2, 0.25) is 0 Å². The minimum atomic E-state index is -0.531. The average molecular weight is 828 g/mol. The summed E-state index contributed by atoms with van der Waals surface area (Å²) in [5, 5.41) is 7.62. The van der Waals surface area contributed by atoms with Crippen LogP contribution < -0.4 is 4.90 Å². The Morgan fingerprint density at radius 2 is 0.862 bits per heavy atom. The third kappa shape index (κ3) is 5.39. The molecule has 2 aliphatic carbocycles. The molecule has 13 rings (SSSR count). The first kappa shape index (κ1) is 37.5. The summed E-state index contributed by atoms with van der Waals surface area (Å²) in [6.45, 7) is 4.81. The molecule has 1 nitrogen and oxygen atoms in total. The number of hydrogen-bond donors (Lipinski definition) is 0. The molecule has 2 aliphatic rings. The van der Waals surface area contributed by atoms with Gasteiger partial charge in [0.05, 0.1) is 11.1 Å². The van der Waals surface area contributed by atoms with Crippen LogP contribution in [0.1, 0.15) is 47.2 Å². The van der Waals surface area contributed by atoms with Crippen LogP contribution in [0.5, 0.6) is 0 Å². The molecule has 0 aliphatic heterocycles. The predicted octanol–water partition coefficient (Wildman–Crippen LogP) is 17.0. The normalized spacial score (nSPS) is 13.9. The van der Waals surface area contributed by atoms with Crippen molar-refractivity contribution in [2.45, 2.75) is 24.7 Å². The predicted molar refractivity (Wildman–Crippen MR) is 274 cm³/mol. The van der Waals surface area contributed by atoms with Crippen molar-refractivity contribution in [1.82, 2.24) is 0 Å². The highest BCUT2D eigenvalue weighted by Gasteiger charge is 2.47. The van der Waals surface area contributed by atoms with Crippen LogP contribution >= 0.6 is 0 Å². The zero-order chi connectivity index (χ0) is 43.3. The van der Waals surface area contributed by atoms with Crippen LogP contribution in [-0.4, -0.2) is 0 Å². The van der Waals surface area contributed by atoms with Crippen LogP contribution in [0.4, 0.5) is 17.1 Å². The third-order valence-corrected chi connectivity index (χ3v) is 14.7. The van der Waals surface area contributed by atoms with Gasteiger partial charge < -0.3 is 4.90 Å². The van der Waals surface area contributed by atoms with Crippen LogP contribution in [0.15, 0.2) is 237 Å². The second-order valence-corrected chi connectivity index (χ2v) is 18.4. The first-order chi connectivity index (χ1) is 32.0. The van der Waals surface area contributed by atoms with Gasteiger partial charge in [0.1, 0.15) is 0 Å². The van der Waals surface area contributed by atoms with Crippen LogP contribution in [0.3, 0.4) is 0 Å². The molecule has 0 saturated carbocycles. The van der Waals surface area contributed by atoms with Crippen LogP contribution in [-0.2, 0) is 10.8 Å². The Labute approximate surface area is 380 Å². The molecule has 65 heavy (non-hydrogen) atoms. The van der Waals surface area contributed by atoms with E-state index in [0.717, 1.165) is 11.4 Å². The van der Waals surface area contributed by atoms with Crippen molar-refractivity contribution in [3.63, 3.8) is 0 Å². The number of fused-ring (bicyclic) bond motifs is 11. The molecule has 0 heterocycles. The monoisotopic (exact) mass is 827 g/mol. The lowest BCUT2D eigenvalue weighted by molar-refractivity contribution is 0.666. The summed E-state index contributed by atoms with van der Waals surface area (Å²) in [5.41, 5.74) is 18.1. The van der Waals surface area contributed by atoms with Crippen molar-refractivity contribution < 1.29 is 0 Å². The molecule has 0 saturated heterocycles.